The minimum atomic E-state index is -1.09. The molecule has 0 aliphatic heterocycles. The van der Waals surface area contributed by atoms with Crippen molar-refractivity contribution in [2.45, 2.75) is 0 Å². The first-order valence-corrected chi connectivity index (χ1v) is 2.84. The third-order valence-corrected chi connectivity index (χ3v) is 1.35. The lowest BCUT2D eigenvalue weighted by atomic mass is 10.2. The molecule has 1 rings (SSSR count). The predicted octanol–water partition coefficient (Wildman–Crippen LogP) is 0.342. The maximum absolute atomic E-state index is 8.76. The monoisotopic (exact) mass is 210 g/mol. The quantitative estimate of drug-likeness (QED) is 0.271. The van der Waals surface area contributed by atoms with Crippen molar-refractivity contribution < 1.29 is 30.6 Å². The molecule has 6 nitrogen and oxygen atoms in total. The van der Waals surface area contributed by atoms with Crippen LogP contribution in [0.25, 0.3) is 0 Å². The van der Waals surface area contributed by atoms with Crippen molar-refractivity contribution in [2.24, 2.45) is 0 Å². The molecule has 0 aromatic heterocycles. The standard InChI is InChI=1S/C6H6O6.ClH/c7-1-2(8)4(10)6(12)5(11)3(1)9;/h7-12H;1H. The predicted molar refractivity (Wildman–Crippen MR) is 43.7 cm³/mol. The summed E-state index contributed by atoms with van der Waals surface area (Å²) >= 11 is 0. The highest BCUT2D eigenvalue weighted by Gasteiger charge is 2.22. The third kappa shape index (κ3) is 1.43. The first-order valence-electron chi connectivity index (χ1n) is 2.84. The molecule has 0 radical (unpaired) electrons. The second kappa shape index (κ2) is 3.36. The number of phenolic OH excluding ortho intramolecular Hbond substituents is 6. The van der Waals surface area contributed by atoms with Crippen molar-refractivity contribution in [2.75, 3.05) is 0 Å². The Morgan fingerprint density at radius 1 is 0.385 bits per heavy atom. The summed E-state index contributed by atoms with van der Waals surface area (Å²) in [6.07, 6.45) is 0. The number of hydrogen-bond donors (Lipinski definition) is 6. The van der Waals surface area contributed by atoms with E-state index in [2.05, 4.69) is 0 Å². The SMILES string of the molecule is Cl.Oc1c(O)c(O)c(O)c(O)c1O. The van der Waals surface area contributed by atoms with Gasteiger partial charge in [0.15, 0.2) is 0 Å². The number of benzene rings is 1. The van der Waals surface area contributed by atoms with Gasteiger partial charge in [-0.25, -0.2) is 0 Å². The van der Waals surface area contributed by atoms with E-state index in [1.54, 1.807) is 0 Å². The Morgan fingerprint density at radius 3 is 0.538 bits per heavy atom. The molecule has 0 heterocycles. The van der Waals surface area contributed by atoms with Crippen LogP contribution in [0.15, 0.2) is 0 Å². The molecule has 0 amide bonds. The summed E-state index contributed by atoms with van der Waals surface area (Å²) in [7, 11) is 0. The lowest BCUT2D eigenvalue weighted by Crippen LogP contribution is -1.77. The minimum absolute atomic E-state index is 0. The highest BCUT2D eigenvalue weighted by Crippen LogP contribution is 2.54. The number of halogens is 1. The van der Waals surface area contributed by atoms with E-state index in [0.717, 1.165) is 0 Å². The van der Waals surface area contributed by atoms with Crippen LogP contribution in [0.2, 0.25) is 0 Å². The minimum Gasteiger partial charge on any atom is -0.502 e. The lowest BCUT2D eigenvalue weighted by molar-refractivity contribution is 0.303. The highest BCUT2D eigenvalue weighted by atomic mass is 35.5. The van der Waals surface area contributed by atoms with Crippen LogP contribution in [-0.2, 0) is 0 Å². The summed E-state index contributed by atoms with van der Waals surface area (Å²) in [4.78, 5) is 0. The van der Waals surface area contributed by atoms with Gasteiger partial charge in [0.05, 0.1) is 0 Å². The smallest absolute Gasteiger partial charge is 0.208 e. The van der Waals surface area contributed by atoms with Gasteiger partial charge in [-0.15, -0.1) is 12.4 Å². The third-order valence-electron chi connectivity index (χ3n) is 1.35. The Hall–Kier alpha value is -1.69. The van der Waals surface area contributed by atoms with Crippen molar-refractivity contribution in [3.8, 4) is 34.5 Å². The van der Waals surface area contributed by atoms with Crippen LogP contribution in [0.3, 0.4) is 0 Å². The molecule has 0 aliphatic carbocycles. The van der Waals surface area contributed by atoms with Gasteiger partial charge in [0.2, 0.25) is 34.5 Å². The second-order valence-corrected chi connectivity index (χ2v) is 2.09. The second-order valence-electron chi connectivity index (χ2n) is 2.09. The van der Waals surface area contributed by atoms with E-state index in [9.17, 15) is 0 Å². The molecule has 1 aromatic carbocycles. The van der Waals surface area contributed by atoms with E-state index in [4.69, 9.17) is 30.6 Å². The number of aromatic hydroxyl groups is 6. The molecule has 0 unspecified atom stereocenters. The molecular weight excluding hydrogens is 204 g/mol. The summed E-state index contributed by atoms with van der Waals surface area (Å²) < 4.78 is 0. The van der Waals surface area contributed by atoms with Crippen LogP contribution >= 0.6 is 12.4 Å². The van der Waals surface area contributed by atoms with E-state index in [1.807, 2.05) is 0 Å². The van der Waals surface area contributed by atoms with Crippen LogP contribution in [-0.4, -0.2) is 30.6 Å². The molecule has 7 heteroatoms. The van der Waals surface area contributed by atoms with Crippen molar-refractivity contribution in [1.82, 2.24) is 0 Å². The van der Waals surface area contributed by atoms with E-state index >= 15 is 0 Å². The molecule has 0 spiro atoms. The average molecular weight is 211 g/mol. The summed E-state index contributed by atoms with van der Waals surface area (Å²) in [5.74, 6) is -6.57. The van der Waals surface area contributed by atoms with Gasteiger partial charge in [-0.1, -0.05) is 0 Å². The van der Waals surface area contributed by atoms with Gasteiger partial charge in [0.1, 0.15) is 0 Å². The van der Waals surface area contributed by atoms with Crippen LogP contribution < -0.4 is 0 Å². The Morgan fingerprint density at radius 2 is 0.462 bits per heavy atom. The van der Waals surface area contributed by atoms with Crippen LogP contribution in [0.5, 0.6) is 34.5 Å². The normalized spacial score (nSPS) is 9.23. The number of phenols is 6. The molecule has 0 atom stereocenters. The maximum atomic E-state index is 8.76. The summed E-state index contributed by atoms with van der Waals surface area (Å²) in [6, 6.07) is 0. The molecule has 0 fully saturated rings. The summed E-state index contributed by atoms with van der Waals surface area (Å²) in [5, 5.41) is 52.6. The fourth-order valence-electron chi connectivity index (χ4n) is 0.673. The van der Waals surface area contributed by atoms with Crippen LogP contribution in [0.4, 0.5) is 0 Å². The molecule has 13 heavy (non-hydrogen) atoms. The molecule has 74 valence electrons. The van der Waals surface area contributed by atoms with E-state index < -0.39 is 34.5 Å². The topological polar surface area (TPSA) is 121 Å². The number of rotatable bonds is 0. The first kappa shape index (κ1) is 11.3. The Kier molecular flexibility index (Phi) is 2.92. The molecule has 6 N–H and O–H groups in total. The van der Waals surface area contributed by atoms with Crippen molar-refractivity contribution >= 4 is 12.4 Å². The van der Waals surface area contributed by atoms with Gasteiger partial charge < -0.3 is 30.6 Å². The Labute approximate surface area is 78.3 Å². The molecule has 0 bridgehead atoms. The van der Waals surface area contributed by atoms with Gasteiger partial charge in [-0.3, -0.25) is 0 Å². The zero-order valence-corrected chi connectivity index (χ0v) is 6.91. The van der Waals surface area contributed by atoms with Crippen LogP contribution in [0, 0.1) is 0 Å². The largest absolute Gasteiger partial charge is 0.502 e. The molecule has 1 aromatic rings. The van der Waals surface area contributed by atoms with Crippen molar-refractivity contribution in [3.05, 3.63) is 0 Å². The van der Waals surface area contributed by atoms with Crippen LogP contribution in [0.1, 0.15) is 0 Å². The first-order chi connectivity index (χ1) is 5.46. The zero-order chi connectivity index (χ0) is 9.46. The fraction of sp³-hybridized carbons (Fsp3) is 0. The molecular formula is C6H7ClO6. The van der Waals surface area contributed by atoms with E-state index in [1.165, 1.54) is 0 Å². The molecule has 0 saturated heterocycles. The Bertz CT molecular complexity index is 231. The van der Waals surface area contributed by atoms with Gasteiger partial charge >= 0.3 is 0 Å². The maximum Gasteiger partial charge on any atom is 0.208 e. The molecule has 0 saturated carbocycles. The van der Waals surface area contributed by atoms with Gasteiger partial charge in [0, 0.05) is 0 Å². The Balaban J connectivity index is 0.00000144. The lowest BCUT2D eigenvalue weighted by Gasteiger charge is -2.06. The summed E-state index contributed by atoms with van der Waals surface area (Å²) in [6.45, 7) is 0. The van der Waals surface area contributed by atoms with Gasteiger partial charge in [-0.05, 0) is 0 Å². The zero-order valence-electron chi connectivity index (χ0n) is 6.09. The number of hydrogen-bond acceptors (Lipinski definition) is 6. The van der Waals surface area contributed by atoms with Gasteiger partial charge in [-0.2, -0.15) is 0 Å². The fourth-order valence-corrected chi connectivity index (χ4v) is 0.673. The summed E-state index contributed by atoms with van der Waals surface area (Å²) in [5.41, 5.74) is 0. The highest BCUT2D eigenvalue weighted by molar-refractivity contribution is 5.85. The van der Waals surface area contributed by atoms with Crippen molar-refractivity contribution in [3.63, 3.8) is 0 Å². The average Bonchev–Trinajstić information content (AvgIpc) is 2.08. The van der Waals surface area contributed by atoms with E-state index in [0.29, 0.717) is 0 Å². The van der Waals surface area contributed by atoms with E-state index in [-0.39, 0.29) is 12.4 Å². The van der Waals surface area contributed by atoms with Gasteiger partial charge in [0.25, 0.3) is 0 Å². The van der Waals surface area contributed by atoms with Crippen molar-refractivity contribution in [1.29, 1.82) is 0 Å². The molecule has 0 aliphatic rings.